The number of likely N-dealkylation sites (tertiary alicyclic amines) is 1. The van der Waals surface area contributed by atoms with Crippen molar-refractivity contribution in [2.45, 2.75) is 50.8 Å². The molecule has 6 nitrogen and oxygen atoms in total. The lowest BCUT2D eigenvalue weighted by Crippen LogP contribution is -2.72. The summed E-state index contributed by atoms with van der Waals surface area (Å²) < 4.78 is 41.9. The van der Waals surface area contributed by atoms with E-state index in [0.717, 1.165) is 0 Å². The van der Waals surface area contributed by atoms with Gasteiger partial charge in [0, 0.05) is 6.61 Å². The van der Waals surface area contributed by atoms with Crippen molar-refractivity contribution in [1.29, 1.82) is 0 Å². The number of hydrogen-bond donors (Lipinski definition) is 0. The predicted octanol–water partition coefficient (Wildman–Crippen LogP) is 2.39. The molecule has 1 rings (SSSR count). The Labute approximate surface area is 132 Å². The number of β-lactam (4-membered cyclic amide) rings is 1. The second-order valence-corrected chi connectivity index (χ2v) is 6.17. The zero-order valence-electron chi connectivity index (χ0n) is 12.9. The zero-order chi connectivity index (χ0) is 17.1. The van der Waals surface area contributed by atoms with Crippen LogP contribution in [0.4, 0.5) is 13.6 Å². The standard InChI is InChI=1S/C13H20ClF2NO5/c1-5-20-6-7-21-8-9(13(14,15)16)17(10(8)18)11(19)22-12(2,3)4/h8-9H,5-7H2,1-4H3/t8-,9-/m0/s1. The largest absolute Gasteiger partial charge is 0.443 e. The first-order valence-electron chi connectivity index (χ1n) is 6.81. The van der Waals surface area contributed by atoms with Crippen LogP contribution in [-0.2, 0) is 19.0 Å². The molecule has 22 heavy (non-hydrogen) atoms. The van der Waals surface area contributed by atoms with Gasteiger partial charge in [-0.15, -0.1) is 0 Å². The maximum atomic E-state index is 13.5. The lowest BCUT2D eigenvalue weighted by Gasteiger charge is -2.46. The van der Waals surface area contributed by atoms with Gasteiger partial charge in [0.05, 0.1) is 13.2 Å². The summed E-state index contributed by atoms with van der Waals surface area (Å²) in [4.78, 5) is 24.0. The molecule has 1 aliphatic heterocycles. The van der Waals surface area contributed by atoms with Crippen LogP contribution in [0.15, 0.2) is 0 Å². The number of rotatable bonds is 6. The number of carbonyl (C=O) groups is 2. The number of hydrogen-bond acceptors (Lipinski definition) is 5. The van der Waals surface area contributed by atoms with Crippen molar-refractivity contribution < 1.29 is 32.6 Å². The van der Waals surface area contributed by atoms with Crippen LogP contribution in [0, 0.1) is 0 Å². The Morgan fingerprint density at radius 1 is 1.32 bits per heavy atom. The highest BCUT2D eigenvalue weighted by molar-refractivity contribution is 6.23. The van der Waals surface area contributed by atoms with Crippen molar-refractivity contribution in [1.82, 2.24) is 4.90 Å². The zero-order valence-corrected chi connectivity index (χ0v) is 13.7. The fourth-order valence-electron chi connectivity index (χ4n) is 1.84. The molecule has 0 unspecified atom stereocenters. The summed E-state index contributed by atoms with van der Waals surface area (Å²) in [6.45, 7) is 6.94. The summed E-state index contributed by atoms with van der Waals surface area (Å²) in [6.07, 6.45) is -2.67. The fraction of sp³-hybridized carbons (Fsp3) is 0.846. The van der Waals surface area contributed by atoms with Gasteiger partial charge in [-0.3, -0.25) is 4.79 Å². The van der Waals surface area contributed by atoms with Gasteiger partial charge in [0.25, 0.3) is 5.91 Å². The molecule has 2 amide bonds. The van der Waals surface area contributed by atoms with E-state index in [9.17, 15) is 18.4 Å². The van der Waals surface area contributed by atoms with E-state index in [2.05, 4.69) is 0 Å². The Hall–Kier alpha value is -0.990. The molecule has 0 saturated carbocycles. The Kier molecular flexibility index (Phi) is 6.11. The van der Waals surface area contributed by atoms with Crippen molar-refractivity contribution in [3.05, 3.63) is 0 Å². The van der Waals surface area contributed by atoms with E-state index >= 15 is 0 Å². The summed E-state index contributed by atoms with van der Waals surface area (Å²) >= 11 is 5.00. The maximum Gasteiger partial charge on any atom is 0.417 e. The van der Waals surface area contributed by atoms with Crippen LogP contribution < -0.4 is 0 Å². The number of amides is 2. The average Bonchev–Trinajstić information content (AvgIpc) is 2.31. The normalized spacial score (nSPS) is 22.5. The molecule has 1 heterocycles. The summed E-state index contributed by atoms with van der Waals surface area (Å²) in [7, 11) is 0. The molecule has 0 spiro atoms. The first kappa shape index (κ1) is 19.1. The van der Waals surface area contributed by atoms with E-state index < -0.39 is 35.1 Å². The van der Waals surface area contributed by atoms with Crippen LogP contribution in [0.25, 0.3) is 0 Å². The number of halogens is 3. The molecule has 9 heteroatoms. The van der Waals surface area contributed by atoms with Crippen molar-refractivity contribution in [2.75, 3.05) is 19.8 Å². The van der Waals surface area contributed by atoms with Crippen LogP contribution in [-0.4, -0.2) is 59.8 Å². The molecule has 0 aromatic carbocycles. The second-order valence-electron chi connectivity index (χ2n) is 5.66. The minimum atomic E-state index is -3.82. The van der Waals surface area contributed by atoms with E-state index in [4.69, 9.17) is 25.8 Å². The molecule has 1 saturated heterocycles. The molecule has 0 aromatic rings. The first-order chi connectivity index (χ1) is 9.99. The molecule has 0 bridgehead atoms. The van der Waals surface area contributed by atoms with Gasteiger partial charge >= 0.3 is 11.5 Å². The smallest absolute Gasteiger partial charge is 0.417 e. The molecule has 0 radical (unpaired) electrons. The number of carbonyl (C=O) groups excluding carboxylic acids is 2. The van der Waals surface area contributed by atoms with Crippen LogP contribution in [0.3, 0.4) is 0 Å². The second kappa shape index (κ2) is 7.06. The van der Waals surface area contributed by atoms with E-state index in [1.807, 2.05) is 0 Å². The summed E-state index contributed by atoms with van der Waals surface area (Å²) in [5, 5.41) is -3.82. The third-order valence-electron chi connectivity index (χ3n) is 2.70. The van der Waals surface area contributed by atoms with Gasteiger partial charge in [0.1, 0.15) is 5.60 Å². The Balaban J connectivity index is 2.75. The number of nitrogens with zero attached hydrogens (tertiary/aromatic N) is 1. The van der Waals surface area contributed by atoms with Crippen LogP contribution in [0.2, 0.25) is 0 Å². The van der Waals surface area contributed by atoms with Gasteiger partial charge < -0.3 is 14.2 Å². The monoisotopic (exact) mass is 343 g/mol. The molecule has 128 valence electrons. The van der Waals surface area contributed by atoms with Gasteiger partial charge in [-0.25, -0.2) is 9.69 Å². The number of alkyl halides is 3. The molecule has 2 atom stereocenters. The van der Waals surface area contributed by atoms with Crippen LogP contribution in [0.1, 0.15) is 27.7 Å². The third kappa shape index (κ3) is 4.76. The lowest BCUT2D eigenvalue weighted by molar-refractivity contribution is -0.191. The van der Waals surface area contributed by atoms with Gasteiger partial charge in [0.2, 0.25) is 0 Å². The lowest BCUT2D eigenvalue weighted by atomic mass is 9.98. The molecule has 1 aliphatic rings. The van der Waals surface area contributed by atoms with Gasteiger partial charge in [-0.2, -0.15) is 8.78 Å². The van der Waals surface area contributed by atoms with E-state index in [-0.39, 0.29) is 13.2 Å². The molecular weight excluding hydrogens is 324 g/mol. The van der Waals surface area contributed by atoms with E-state index in [1.54, 1.807) is 27.7 Å². The van der Waals surface area contributed by atoms with Crippen LogP contribution in [0.5, 0.6) is 0 Å². The molecule has 0 N–H and O–H groups in total. The Morgan fingerprint density at radius 3 is 2.36 bits per heavy atom. The van der Waals surface area contributed by atoms with Crippen molar-refractivity contribution >= 4 is 23.6 Å². The highest BCUT2D eigenvalue weighted by atomic mass is 35.5. The quantitative estimate of drug-likeness (QED) is 0.421. The SMILES string of the molecule is CCOCCO[C@@H]1C(=O)N(C(=O)OC(C)(C)C)[C@@H]1C(F)(F)Cl. The minimum absolute atomic E-state index is 0.0596. The van der Waals surface area contributed by atoms with Gasteiger partial charge in [0.15, 0.2) is 12.1 Å². The van der Waals surface area contributed by atoms with E-state index in [1.165, 1.54) is 0 Å². The number of ether oxygens (including phenoxy) is 3. The summed E-state index contributed by atoms with van der Waals surface area (Å²) in [6, 6.07) is -1.90. The highest BCUT2D eigenvalue weighted by Gasteiger charge is 2.63. The predicted molar refractivity (Wildman–Crippen MR) is 73.9 cm³/mol. The van der Waals surface area contributed by atoms with Gasteiger partial charge in [-0.1, -0.05) is 0 Å². The van der Waals surface area contributed by atoms with E-state index in [0.29, 0.717) is 11.5 Å². The maximum absolute atomic E-state index is 13.5. The topological polar surface area (TPSA) is 65.1 Å². The summed E-state index contributed by atoms with van der Waals surface area (Å²) in [5.41, 5.74) is -0.926. The average molecular weight is 344 g/mol. The minimum Gasteiger partial charge on any atom is -0.443 e. The Morgan fingerprint density at radius 2 is 1.91 bits per heavy atom. The Bertz CT molecular complexity index is 422. The van der Waals surface area contributed by atoms with Crippen molar-refractivity contribution in [3.63, 3.8) is 0 Å². The molecule has 1 fully saturated rings. The van der Waals surface area contributed by atoms with Crippen molar-refractivity contribution in [2.24, 2.45) is 0 Å². The van der Waals surface area contributed by atoms with Crippen LogP contribution >= 0.6 is 11.6 Å². The highest BCUT2D eigenvalue weighted by Crippen LogP contribution is 2.39. The number of imide groups is 1. The third-order valence-corrected chi connectivity index (χ3v) is 2.92. The molecule has 0 aliphatic carbocycles. The van der Waals surface area contributed by atoms with Gasteiger partial charge in [-0.05, 0) is 39.3 Å². The molecule has 0 aromatic heterocycles. The van der Waals surface area contributed by atoms with Crippen molar-refractivity contribution in [3.8, 4) is 0 Å². The fourth-order valence-corrected chi connectivity index (χ4v) is 2.05. The molecular formula is C13H20ClF2NO5. The summed E-state index contributed by atoms with van der Waals surface area (Å²) in [5.74, 6) is -0.906. The first-order valence-corrected chi connectivity index (χ1v) is 7.19.